The maximum atomic E-state index is 11.0. The van der Waals surface area contributed by atoms with Gasteiger partial charge in [-0.15, -0.1) is 0 Å². The van der Waals surface area contributed by atoms with Crippen molar-refractivity contribution in [2.24, 2.45) is 16.0 Å². The number of allylic oxidation sites excluding steroid dienone is 4. The third kappa shape index (κ3) is 6.61. The minimum atomic E-state index is -0.963. The summed E-state index contributed by atoms with van der Waals surface area (Å²) in [6.45, 7) is 9.04. The zero-order valence-corrected chi connectivity index (χ0v) is 18.6. The molecular weight excluding hydrogens is 378 g/mol. The van der Waals surface area contributed by atoms with Gasteiger partial charge in [0.1, 0.15) is 11.5 Å². The van der Waals surface area contributed by atoms with Crippen LogP contribution in [0.3, 0.4) is 0 Å². The average Bonchev–Trinajstić information content (AvgIpc) is 2.70. The lowest BCUT2D eigenvalue weighted by Gasteiger charge is -2.31. The lowest BCUT2D eigenvalue weighted by atomic mass is 9.74. The first kappa shape index (κ1) is 23.5. The van der Waals surface area contributed by atoms with Gasteiger partial charge in [-0.3, -0.25) is 0 Å². The van der Waals surface area contributed by atoms with Crippen LogP contribution in [-0.4, -0.2) is 29.1 Å². The fourth-order valence-electron chi connectivity index (χ4n) is 3.35. The number of ether oxygens (including phenoxy) is 1. The first-order chi connectivity index (χ1) is 14.1. The highest BCUT2D eigenvalue weighted by atomic mass is 16.5. The van der Waals surface area contributed by atoms with Crippen molar-refractivity contribution in [1.29, 1.82) is 0 Å². The number of hydrogen-bond donors (Lipinski definition) is 2. The molecule has 0 atom stereocenters. The van der Waals surface area contributed by atoms with Crippen LogP contribution in [0.1, 0.15) is 69.3 Å². The van der Waals surface area contributed by atoms with E-state index in [1.807, 2.05) is 0 Å². The second kappa shape index (κ2) is 9.79. The van der Waals surface area contributed by atoms with E-state index in [2.05, 4.69) is 45.0 Å². The predicted molar refractivity (Wildman–Crippen MR) is 121 cm³/mol. The highest BCUT2D eigenvalue weighted by Gasteiger charge is 2.26. The molecule has 0 heterocycles. The number of oxime groups is 1. The molecule has 0 radical (unpaired) electrons. The SMILES string of the molecule is COC1=CCC(C)(C)CCC(C)(C)CC=C1C(/C=C/c1ccc(C(=O)O)cc1)=N\O. The van der Waals surface area contributed by atoms with Crippen molar-refractivity contribution in [3.05, 3.63) is 65.0 Å². The van der Waals surface area contributed by atoms with Crippen LogP contribution in [0, 0.1) is 10.8 Å². The van der Waals surface area contributed by atoms with Gasteiger partial charge in [-0.2, -0.15) is 0 Å². The van der Waals surface area contributed by atoms with Crippen LogP contribution in [0.2, 0.25) is 0 Å². The number of nitrogens with zero attached hydrogens (tertiary/aromatic N) is 1. The molecular formula is C25H33NO4. The van der Waals surface area contributed by atoms with Crippen molar-refractivity contribution in [2.45, 2.75) is 53.4 Å². The van der Waals surface area contributed by atoms with Crippen molar-refractivity contribution in [2.75, 3.05) is 7.11 Å². The Kier molecular flexibility index (Phi) is 7.65. The molecule has 162 valence electrons. The normalized spacial score (nSPS) is 19.7. The van der Waals surface area contributed by atoms with Gasteiger partial charge < -0.3 is 15.1 Å². The molecule has 1 aromatic carbocycles. The van der Waals surface area contributed by atoms with Gasteiger partial charge in [0, 0.05) is 5.57 Å². The van der Waals surface area contributed by atoms with E-state index in [-0.39, 0.29) is 16.4 Å². The summed E-state index contributed by atoms with van der Waals surface area (Å²) in [5.41, 5.74) is 2.47. The monoisotopic (exact) mass is 411 g/mol. The van der Waals surface area contributed by atoms with E-state index in [4.69, 9.17) is 9.84 Å². The minimum Gasteiger partial charge on any atom is -0.496 e. The van der Waals surface area contributed by atoms with Gasteiger partial charge in [-0.1, -0.05) is 57.1 Å². The van der Waals surface area contributed by atoms with Crippen molar-refractivity contribution in [1.82, 2.24) is 0 Å². The van der Waals surface area contributed by atoms with Crippen molar-refractivity contribution in [3.63, 3.8) is 0 Å². The molecule has 1 aromatic rings. The summed E-state index contributed by atoms with van der Waals surface area (Å²) in [4.78, 5) is 11.0. The molecule has 1 aliphatic carbocycles. The van der Waals surface area contributed by atoms with E-state index >= 15 is 0 Å². The fraction of sp³-hybridized carbons (Fsp3) is 0.440. The molecule has 0 saturated carbocycles. The standard InChI is InChI=1S/C25H33NO4/c1-24(2)14-12-20(22(30-5)13-15-25(3,4)17-16-24)21(26-29)11-8-18-6-9-19(10-7-18)23(27)28/h6-13,29H,14-17H2,1-5H3,(H,27,28)/b11-8+,20-12?,22-13?,26-21-. The van der Waals surface area contributed by atoms with Crippen molar-refractivity contribution < 1.29 is 19.8 Å². The predicted octanol–water partition coefficient (Wildman–Crippen LogP) is 6.31. The number of hydrogen-bond acceptors (Lipinski definition) is 4. The highest BCUT2D eigenvalue weighted by molar-refractivity contribution is 6.12. The van der Waals surface area contributed by atoms with Crippen LogP contribution in [-0.2, 0) is 4.74 Å². The number of carboxylic acid groups (broad SMARTS) is 1. The number of carbonyl (C=O) groups is 1. The van der Waals surface area contributed by atoms with E-state index in [1.165, 1.54) is 0 Å². The summed E-state index contributed by atoms with van der Waals surface area (Å²) < 4.78 is 5.68. The van der Waals surface area contributed by atoms with Gasteiger partial charge in [0.15, 0.2) is 0 Å². The Balaban J connectivity index is 2.39. The van der Waals surface area contributed by atoms with Crippen LogP contribution in [0.15, 0.2) is 59.0 Å². The molecule has 0 bridgehead atoms. The number of rotatable bonds is 5. The van der Waals surface area contributed by atoms with Crippen LogP contribution in [0.5, 0.6) is 0 Å². The largest absolute Gasteiger partial charge is 0.496 e. The molecule has 0 unspecified atom stereocenters. The molecule has 0 spiro atoms. The lowest BCUT2D eigenvalue weighted by molar-refractivity contribution is 0.0697. The molecule has 30 heavy (non-hydrogen) atoms. The Hall–Kier alpha value is -2.82. The first-order valence-corrected chi connectivity index (χ1v) is 10.3. The Bertz CT molecular complexity index is 871. The summed E-state index contributed by atoms with van der Waals surface area (Å²) >= 11 is 0. The summed E-state index contributed by atoms with van der Waals surface area (Å²) in [6.07, 6.45) is 11.6. The van der Waals surface area contributed by atoms with Crippen LogP contribution in [0.25, 0.3) is 6.08 Å². The Labute approximate surface area is 179 Å². The van der Waals surface area contributed by atoms with Crippen LogP contribution < -0.4 is 0 Å². The molecule has 0 fully saturated rings. The van der Waals surface area contributed by atoms with E-state index in [0.29, 0.717) is 11.5 Å². The molecule has 2 N–H and O–H groups in total. The van der Waals surface area contributed by atoms with E-state index in [1.54, 1.807) is 43.5 Å². The van der Waals surface area contributed by atoms with Crippen molar-refractivity contribution in [3.8, 4) is 0 Å². The Morgan fingerprint density at radius 2 is 1.60 bits per heavy atom. The topological polar surface area (TPSA) is 79.1 Å². The van der Waals surface area contributed by atoms with Crippen molar-refractivity contribution >= 4 is 17.8 Å². The van der Waals surface area contributed by atoms with Crippen LogP contribution >= 0.6 is 0 Å². The number of benzene rings is 1. The second-order valence-corrected chi connectivity index (χ2v) is 9.37. The Morgan fingerprint density at radius 1 is 1.03 bits per heavy atom. The third-order valence-corrected chi connectivity index (χ3v) is 5.64. The zero-order valence-electron chi connectivity index (χ0n) is 18.6. The lowest BCUT2D eigenvalue weighted by Crippen LogP contribution is -2.19. The van der Waals surface area contributed by atoms with E-state index < -0.39 is 5.97 Å². The molecule has 0 aliphatic heterocycles. The fourth-order valence-corrected chi connectivity index (χ4v) is 3.35. The van der Waals surface area contributed by atoms with Gasteiger partial charge in [0.2, 0.25) is 0 Å². The smallest absolute Gasteiger partial charge is 0.335 e. The summed E-state index contributed by atoms with van der Waals surface area (Å²) in [6, 6.07) is 6.53. The molecule has 0 amide bonds. The van der Waals surface area contributed by atoms with Gasteiger partial charge in [0.05, 0.1) is 12.7 Å². The minimum absolute atomic E-state index is 0.121. The summed E-state index contributed by atoms with van der Waals surface area (Å²) in [5, 5.41) is 22.3. The number of methoxy groups -OCH3 is 1. The molecule has 5 heteroatoms. The summed E-state index contributed by atoms with van der Waals surface area (Å²) in [5.74, 6) is -0.269. The Morgan fingerprint density at radius 3 is 2.10 bits per heavy atom. The van der Waals surface area contributed by atoms with Crippen LogP contribution in [0.4, 0.5) is 0 Å². The maximum absolute atomic E-state index is 11.0. The van der Waals surface area contributed by atoms with Gasteiger partial charge >= 0.3 is 5.97 Å². The maximum Gasteiger partial charge on any atom is 0.335 e. The number of carboxylic acids is 1. The molecule has 0 saturated heterocycles. The van der Waals surface area contributed by atoms with E-state index in [9.17, 15) is 10.0 Å². The van der Waals surface area contributed by atoms with Gasteiger partial charge in [0.25, 0.3) is 0 Å². The number of aromatic carboxylic acids is 1. The van der Waals surface area contributed by atoms with Gasteiger partial charge in [-0.05, 0) is 66.4 Å². The highest BCUT2D eigenvalue weighted by Crippen LogP contribution is 2.38. The third-order valence-electron chi connectivity index (χ3n) is 5.64. The molecule has 0 aromatic heterocycles. The zero-order chi connectivity index (χ0) is 22.4. The molecule has 2 rings (SSSR count). The van der Waals surface area contributed by atoms with Gasteiger partial charge in [-0.25, -0.2) is 4.79 Å². The average molecular weight is 412 g/mol. The summed E-state index contributed by atoms with van der Waals surface area (Å²) in [7, 11) is 1.63. The molecule has 1 aliphatic rings. The second-order valence-electron chi connectivity index (χ2n) is 9.37. The quantitative estimate of drug-likeness (QED) is 0.338. The van der Waals surface area contributed by atoms with E-state index in [0.717, 1.165) is 36.8 Å². The first-order valence-electron chi connectivity index (χ1n) is 10.3. The molecule has 5 nitrogen and oxygen atoms in total.